The fourth-order valence-electron chi connectivity index (χ4n) is 3.79. The molecule has 0 aliphatic rings. The van der Waals surface area contributed by atoms with Gasteiger partial charge in [-0.05, 0) is 0 Å². The Morgan fingerprint density at radius 2 is 1.06 bits per heavy atom. The Balaban J connectivity index is 2.45. The molecular formula is C26H38MnN6. The predicted molar refractivity (Wildman–Crippen MR) is 131 cm³/mol. The molecule has 3 rings (SSSR count). The van der Waals surface area contributed by atoms with Crippen molar-refractivity contribution < 1.29 is 15.0 Å². The second kappa shape index (κ2) is 9.86. The van der Waals surface area contributed by atoms with Crippen LogP contribution >= 0.6 is 0 Å². The molecule has 3 heterocycles. The van der Waals surface area contributed by atoms with Crippen molar-refractivity contribution >= 4 is 0 Å². The maximum atomic E-state index is 5.15. The summed E-state index contributed by atoms with van der Waals surface area (Å²) in [6, 6.07) is 6.56. The molecule has 7 heteroatoms. The van der Waals surface area contributed by atoms with E-state index in [1.165, 1.54) is 0 Å². The van der Waals surface area contributed by atoms with Crippen LogP contribution in [0.15, 0.2) is 41.9 Å². The first-order chi connectivity index (χ1) is 15.5. The Kier molecular flexibility index (Phi) is 7.55. The Morgan fingerprint density at radius 1 is 0.727 bits per heavy atom. The zero-order valence-corrected chi connectivity index (χ0v) is 22.6. The van der Waals surface area contributed by atoms with E-state index >= 15 is 0 Å². The monoisotopic (exact) mass is 489 g/mol. The van der Waals surface area contributed by atoms with E-state index in [0.29, 0.717) is 17.8 Å². The van der Waals surface area contributed by atoms with Gasteiger partial charge in [-0.1, -0.05) is 0 Å². The first kappa shape index (κ1) is 25.3. The van der Waals surface area contributed by atoms with Gasteiger partial charge >= 0.3 is 205 Å². The van der Waals surface area contributed by atoms with E-state index in [4.69, 9.17) is 15.3 Å². The molecule has 0 fully saturated rings. The molecular weight excluding hydrogens is 451 g/mol. The van der Waals surface area contributed by atoms with Gasteiger partial charge in [0.2, 0.25) is 0 Å². The van der Waals surface area contributed by atoms with Crippen molar-refractivity contribution in [2.75, 3.05) is 0 Å². The van der Waals surface area contributed by atoms with E-state index in [1.54, 1.807) is 0 Å². The summed E-state index contributed by atoms with van der Waals surface area (Å²) in [6.45, 7) is 23.3. The molecule has 6 nitrogen and oxygen atoms in total. The third-order valence-electron chi connectivity index (χ3n) is 5.72. The second-order valence-electron chi connectivity index (χ2n) is 9.55. The summed E-state index contributed by atoms with van der Waals surface area (Å²) in [5.41, 5.74) is 6.46. The molecule has 3 aromatic heterocycles. The van der Waals surface area contributed by atoms with Crippen molar-refractivity contribution in [3.63, 3.8) is 0 Å². The van der Waals surface area contributed by atoms with Gasteiger partial charge < -0.3 is 0 Å². The molecule has 0 N–H and O–H groups in total. The van der Waals surface area contributed by atoms with Gasteiger partial charge in [0.25, 0.3) is 0 Å². The molecule has 0 amide bonds. The van der Waals surface area contributed by atoms with E-state index in [2.05, 4.69) is 106 Å². The zero-order chi connectivity index (χ0) is 24.5. The van der Waals surface area contributed by atoms with E-state index in [-0.39, 0.29) is 15.0 Å². The van der Waals surface area contributed by atoms with E-state index < -0.39 is 4.69 Å². The van der Waals surface area contributed by atoms with Crippen molar-refractivity contribution in [2.45, 2.75) is 84.8 Å². The van der Waals surface area contributed by atoms with Crippen LogP contribution in [0.5, 0.6) is 0 Å². The van der Waals surface area contributed by atoms with Crippen molar-refractivity contribution in [3.05, 3.63) is 76.1 Å². The standard InChI is InChI=1S/C22H33N6.C4H5.Mn/c1-13(2)19-10-16(7)26(23-19)22(27-17(8)11-20(24-27)14(3)4)28-18(9)12-21(25-28)15(5)6;1-3-4-2;/h10-15H,1-9H3;1,3-4H,2H2;. The van der Waals surface area contributed by atoms with E-state index in [9.17, 15) is 0 Å². The molecule has 179 valence electrons. The van der Waals surface area contributed by atoms with Crippen LogP contribution in [0.1, 0.15) is 93.5 Å². The fourth-order valence-corrected chi connectivity index (χ4v) is 5.56. The fraction of sp³-hybridized carbons (Fsp3) is 0.500. The molecule has 3 aromatic rings. The third-order valence-corrected chi connectivity index (χ3v) is 7.35. The Morgan fingerprint density at radius 3 is 1.30 bits per heavy atom. The van der Waals surface area contributed by atoms with Gasteiger partial charge in [-0.25, -0.2) is 0 Å². The van der Waals surface area contributed by atoms with Gasteiger partial charge in [0.1, 0.15) is 0 Å². The second-order valence-corrected chi connectivity index (χ2v) is 11.1. The minimum atomic E-state index is -0.769. The summed E-state index contributed by atoms with van der Waals surface area (Å²) >= 11 is 0.251. The predicted octanol–water partition coefficient (Wildman–Crippen LogP) is 6.02. The molecule has 0 bridgehead atoms. The van der Waals surface area contributed by atoms with Crippen LogP contribution in [0.25, 0.3) is 0 Å². The van der Waals surface area contributed by atoms with Crippen molar-refractivity contribution in [1.29, 1.82) is 0 Å². The van der Waals surface area contributed by atoms with Crippen LogP contribution in [0.3, 0.4) is 0 Å². The van der Waals surface area contributed by atoms with Crippen molar-refractivity contribution in [3.8, 4) is 0 Å². The van der Waals surface area contributed by atoms with Gasteiger partial charge in [0.05, 0.1) is 0 Å². The molecule has 0 saturated heterocycles. The van der Waals surface area contributed by atoms with Crippen molar-refractivity contribution in [2.24, 2.45) is 0 Å². The summed E-state index contributed by atoms with van der Waals surface area (Å²) in [6.07, 6.45) is 3.82. The number of nitrogens with zero attached hydrogens (tertiary/aromatic N) is 6. The van der Waals surface area contributed by atoms with Gasteiger partial charge in [0, 0.05) is 0 Å². The minimum absolute atomic E-state index is 0.251. The van der Waals surface area contributed by atoms with Gasteiger partial charge in [-0.2, -0.15) is 0 Å². The Labute approximate surface area is 204 Å². The third kappa shape index (κ3) is 4.67. The summed E-state index contributed by atoms with van der Waals surface area (Å²) in [7, 11) is 0. The molecule has 0 aromatic carbocycles. The van der Waals surface area contributed by atoms with Gasteiger partial charge in [0.15, 0.2) is 0 Å². The number of aryl methyl sites for hydroxylation is 3. The molecule has 0 spiro atoms. The average Bonchev–Trinajstić information content (AvgIpc) is 3.43. The molecule has 0 aliphatic carbocycles. The van der Waals surface area contributed by atoms with Crippen LogP contribution in [0.2, 0.25) is 0 Å². The summed E-state index contributed by atoms with van der Waals surface area (Å²) < 4.78 is 5.62. The first-order valence-electron chi connectivity index (χ1n) is 11.7. The van der Waals surface area contributed by atoms with Crippen LogP contribution in [0.4, 0.5) is 0 Å². The quantitative estimate of drug-likeness (QED) is 0.273. The number of allylic oxidation sites excluding steroid dienone is 2. The molecule has 0 atom stereocenters. The molecule has 0 radical (unpaired) electrons. The van der Waals surface area contributed by atoms with E-state index in [1.807, 2.05) is 12.2 Å². The topological polar surface area (TPSA) is 53.5 Å². The van der Waals surface area contributed by atoms with Crippen LogP contribution in [-0.4, -0.2) is 29.3 Å². The summed E-state index contributed by atoms with van der Waals surface area (Å²) in [5.74, 6) is 0.972. The zero-order valence-electron chi connectivity index (χ0n) is 21.5. The number of hydrogen-bond acceptors (Lipinski definition) is 3. The summed E-state index contributed by atoms with van der Waals surface area (Å²) in [5, 5.41) is 15.4. The van der Waals surface area contributed by atoms with Gasteiger partial charge in [-0.3, -0.25) is 0 Å². The van der Waals surface area contributed by atoms with Gasteiger partial charge in [-0.15, -0.1) is 0 Å². The van der Waals surface area contributed by atoms with Crippen LogP contribution in [-0.2, 0) is 19.6 Å². The normalized spacial score (nSPS) is 12.7. The molecule has 0 saturated carbocycles. The van der Waals surface area contributed by atoms with Crippen molar-refractivity contribution in [1.82, 2.24) is 29.3 Å². The SMILES string of the molecule is C=CC=[CH][Mn][C](n1nc(C(C)C)cc1C)(n1nc(C(C)C)cc1C)n1nc(C(C)C)cc1C. The first-order valence-corrected chi connectivity index (χ1v) is 12.9. The number of aromatic nitrogens is 6. The number of hydrogen-bond donors (Lipinski definition) is 0. The maximum absolute atomic E-state index is 5.15. The van der Waals surface area contributed by atoms with Crippen LogP contribution < -0.4 is 0 Å². The molecule has 0 unspecified atom stereocenters. The van der Waals surface area contributed by atoms with E-state index in [0.717, 1.165) is 34.2 Å². The molecule has 0 aliphatic heterocycles. The number of rotatable bonds is 9. The Hall–Kier alpha value is -2.37. The summed E-state index contributed by atoms with van der Waals surface area (Å²) in [4.78, 5) is 2.17. The Bertz CT molecular complexity index is 1010. The molecule has 33 heavy (non-hydrogen) atoms. The average molecular weight is 490 g/mol. The van der Waals surface area contributed by atoms with Crippen LogP contribution in [0, 0.1) is 20.8 Å².